The highest BCUT2D eigenvalue weighted by Gasteiger charge is 2.05. The number of benzene rings is 2. The molecule has 1 N–H and O–H groups in total. The van der Waals surface area contributed by atoms with Crippen LogP contribution in [-0.2, 0) is 6.54 Å². The highest BCUT2D eigenvalue weighted by molar-refractivity contribution is 9.10. The van der Waals surface area contributed by atoms with E-state index in [0.717, 1.165) is 20.9 Å². The molecule has 0 radical (unpaired) electrons. The molecular formula is C16H12BrFN2. The second kappa shape index (κ2) is 5.59. The van der Waals surface area contributed by atoms with E-state index in [0.29, 0.717) is 12.2 Å². The number of hydrogen-bond donors (Lipinski definition) is 1. The maximum absolute atomic E-state index is 13.7. The van der Waals surface area contributed by atoms with Crippen molar-refractivity contribution in [3.05, 3.63) is 70.6 Å². The summed E-state index contributed by atoms with van der Waals surface area (Å²) in [6.45, 7) is 0.529. The first-order valence-corrected chi connectivity index (χ1v) is 7.05. The smallest absolute Gasteiger partial charge is 0.146 e. The normalized spacial score (nSPS) is 10.7. The molecular weight excluding hydrogens is 319 g/mol. The van der Waals surface area contributed by atoms with E-state index in [1.165, 1.54) is 6.07 Å². The molecule has 0 atom stereocenters. The number of pyridine rings is 1. The summed E-state index contributed by atoms with van der Waals surface area (Å²) >= 11 is 3.34. The van der Waals surface area contributed by atoms with E-state index in [4.69, 9.17) is 0 Å². The van der Waals surface area contributed by atoms with Crippen molar-refractivity contribution in [1.82, 2.24) is 4.98 Å². The van der Waals surface area contributed by atoms with E-state index in [-0.39, 0.29) is 5.82 Å². The van der Waals surface area contributed by atoms with Gasteiger partial charge in [-0.1, -0.05) is 40.2 Å². The topological polar surface area (TPSA) is 24.9 Å². The fourth-order valence-corrected chi connectivity index (χ4v) is 2.49. The first-order valence-electron chi connectivity index (χ1n) is 6.25. The van der Waals surface area contributed by atoms with Gasteiger partial charge in [-0.2, -0.15) is 0 Å². The Morgan fingerprint density at radius 2 is 1.95 bits per heavy atom. The lowest BCUT2D eigenvalue weighted by atomic mass is 10.1. The molecule has 0 aliphatic carbocycles. The van der Waals surface area contributed by atoms with Crippen LogP contribution in [0.3, 0.4) is 0 Å². The van der Waals surface area contributed by atoms with E-state index in [1.807, 2.05) is 30.3 Å². The predicted molar refractivity (Wildman–Crippen MR) is 83.2 cm³/mol. The van der Waals surface area contributed by atoms with Crippen LogP contribution in [-0.4, -0.2) is 4.98 Å². The van der Waals surface area contributed by atoms with Crippen LogP contribution in [0.4, 0.5) is 10.1 Å². The van der Waals surface area contributed by atoms with Crippen LogP contribution in [0.5, 0.6) is 0 Å². The Morgan fingerprint density at radius 3 is 2.85 bits per heavy atom. The third kappa shape index (κ3) is 2.65. The lowest BCUT2D eigenvalue weighted by Crippen LogP contribution is -2.02. The van der Waals surface area contributed by atoms with Gasteiger partial charge in [0.15, 0.2) is 0 Å². The summed E-state index contributed by atoms with van der Waals surface area (Å²) in [7, 11) is 0. The molecule has 0 aliphatic heterocycles. The van der Waals surface area contributed by atoms with Crippen molar-refractivity contribution in [2.45, 2.75) is 6.54 Å². The van der Waals surface area contributed by atoms with Gasteiger partial charge in [0.2, 0.25) is 0 Å². The summed E-state index contributed by atoms with van der Waals surface area (Å²) in [5.41, 5.74) is 2.47. The number of anilines is 1. The maximum Gasteiger partial charge on any atom is 0.146 e. The van der Waals surface area contributed by atoms with Crippen LogP contribution in [0.2, 0.25) is 0 Å². The van der Waals surface area contributed by atoms with Crippen LogP contribution < -0.4 is 5.32 Å². The maximum atomic E-state index is 13.7. The molecule has 0 saturated carbocycles. The molecule has 20 heavy (non-hydrogen) atoms. The molecule has 0 amide bonds. The number of halogens is 2. The third-order valence-corrected chi connectivity index (χ3v) is 3.61. The Morgan fingerprint density at radius 1 is 1.10 bits per heavy atom. The Hall–Kier alpha value is -1.94. The molecule has 0 saturated heterocycles. The second-order valence-electron chi connectivity index (χ2n) is 4.47. The zero-order chi connectivity index (χ0) is 13.9. The second-order valence-corrected chi connectivity index (χ2v) is 5.39. The quantitative estimate of drug-likeness (QED) is 0.749. The van der Waals surface area contributed by atoms with Crippen LogP contribution in [0.15, 0.2) is 59.2 Å². The molecule has 100 valence electrons. The summed E-state index contributed by atoms with van der Waals surface area (Å²) in [6.07, 6.45) is 1.77. The number of para-hydroxylation sites is 1. The lowest BCUT2D eigenvalue weighted by Gasteiger charge is -2.10. The number of fused-ring (bicyclic) bond motifs is 1. The van der Waals surface area contributed by atoms with E-state index in [2.05, 4.69) is 26.2 Å². The number of aromatic nitrogens is 1. The zero-order valence-electron chi connectivity index (χ0n) is 10.6. The first kappa shape index (κ1) is 13.1. The number of rotatable bonds is 3. The molecule has 3 aromatic rings. The van der Waals surface area contributed by atoms with Crippen LogP contribution >= 0.6 is 15.9 Å². The van der Waals surface area contributed by atoms with Gasteiger partial charge in [-0.3, -0.25) is 4.98 Å². The third-order valence-electron chi connectivity index (χ3n) is 3.11. The van der Waals surface area contributed by atoms with Crippen molar-refractivity contribution in [3.8, 4) is 0 Å². The fraction of sp³-hybridized carbons (Fsp3) is 0.0625. The van der Waals surface area contributed by atoms with Crippen LogP contribution in [0, 0.1) is 5.82 Å². The first-order chi connectivity index (χ1) is 9.74. The van der Waals surface area contributed by atoms with Gasteiger partial charge < -0.3 is 5.32 Å². The minimum Gasteiger partial charge on any atom is -0.378 e. The Labute approximate surface area is 124 Å². The number of nitrogens with one attached hydrogen (secondary N) is 1. The summed E-state index contributed by atoms with van der Waals surface area (Å²) in [6, 6.07) is 14.8. The van der Waals surface area contributed by atoms with Crippen molar-refractivity contribution in [2.75, 3.05) is 5.32 Å². The summed E-state index contributed by atoms with van der Waals surface area (Å²) < 4.78 is 14.5. The van der Waals surface area contributed by atoms with E-state index in [9.17, 15) is 4.39 Å². The molecule has 0 bridgehead atoms. The van der Waals surface area contributed by atoms with Gasteiger partial charge >= 0.3 is 0 Å². The largest absolute Gasteiger partial charge is 0.378 e. The van der Waals surface area contributed by atoms with Gasteiger partial charge in [-0.15, -0.1) is 0 Å². The van der Waals surface area contributed by atoms with Gasteiger partial charge in [-0.05, 0) is 29.8 Å². The highest BCUT2D eigenvalue weighted by atomic mass is 79.9. The molecule has 0 aliphatic rings. The average molecular weight is 331 g/mol. The van der Waals surface area contributed by atoms with Gasteiger partial charge in [-0.25, -0.2) is 4.39 Å². The number of nitrogens with zero attached hydrogens (tertiary/aromatic N) is 1. The average Bonchev–Trinajstić information content (AvgIpc) is 2.48. The minimum atomic E-state index is -0.263. The monoisotopic (exact) mass is 330 g/mol. The molecule has 2 aromatic carbocycles. The minimum absolute atomic E-state index is 0.263. The van der Waals surface area contributed by atoms with Crippen molar-refractivity contribution in [3.63, 3.8) is 0 Å². The van der Waals surface area contributed by atoms with Gasteiger partial charge in [0.1, 0.15) is 5.82 Å². The summed E-state index contributed by atoms with van der Waals surface area (Å²) in [5, 5.41) is 4.20. The van der Waals surface area contributed by atoms with E-state index in [1.54, 1.807) is 18.3 Å². The highest BCUT2D eigenvalue weighted by Crippen LogP contribution is 2.22. The Kier molecular flexibility index (Phi) is 3.65. The zero-order valence-corrected chi connectivity index (χ0v) is 12.2. The van der Waals surface area contributed by atoms with Crippen molar-refractivity contribution in [2.24, 2.45) is 0 Å². The SMILES string of the molecule is Fc1ccc(Br)cc1NCc1cccc2cccnc12. The standard InChI is InChI=1S/C16H12BrFN2/c17-13-6-7-14(18)15(9-13)20-10-12-4-1-3-11-5-2-8-19-16(11)12/h1-9,20H,10H2. The Balaban J connectivity index is 1.89. The van der Waals surface area contributed by atoms with Gasteiger partial charge in [0.05, 0.1) is 11.2 Å². The van der Waals surface area contributed by atoms with Crippen LogP contribution in [0.1, 0.15) is 5.56 Å². The number of hydrogen-bond acceptors (Lipinski definition) is 2. The predicted octanol–water partition coefficient (Wildman–Crippen LogP) is 4.75. The molecule has 3 rings (SSSR count). The van der Waals surface area contributed by atoms with Crippen LogP contribution in [0.25, 0.3) is 10.9 Å². The molecule has 4 heteroatoms. The molecule has 1 aromatic heterocycles. The molecule has 1 heterocycles. The molecule has 0 unspecified atom stereocenters. The summed E-state index contributed by atoms with van der Waals surface area (Å²) in [4.78, 5) is 4.39. The summed E-state index contributed by atoms with van der Waals surface area (Å²) in [5.74, 6) is -0.263. The molecule has 0 fully saturated rings. The fourth-order valence-electron chi connectivity index (χ4n) is 2.13. The molecule has 2 nitrogen and oxygen atoms in total. The lowest BCUT2D eigenvalue weighted by molar-refractivity contribution is 0.630. The van der Waals surface area contributed by atoms with E-state index >= 15 is 0 Å². The van der Waals surface area contributed by atoms with Crippen molar-refractivity contribution >= 4 is 32.5 Å². The van der Waals surface area contributed by atoms with E-state index < -0.39 is 0 Å². The van der Waals surface area contributed by atoms with Crippen molar-refractivity contribution in [1.29, 1.82) is 0 Å². The van der Waals surface area contributed by atoms with Gasteiger partial charge in [0, 0.05) is 22.6 Å². The van der Waals surface area contributed by atoms with Gasteiger partial charge in [0.25, 0.3) is 0 Å². The Bertz CT molecular complexity index is 753. The molecule has 0 spiro atoms. The van der Waals surface area contributed by atoms with Crippen molar-refractivity contribution < 1.29 is 4.39 Å².